The molecular weight excluding hydrogens is 240 g/mol. The lowest BCUT2D eigenvalue weighted by Gasteiger charge is -2.26. The van der Waals surface area contributed by atoms with Gasteiger partial charge in [-0.2, -0.15) is 10.4 Å². The van der Waals surface area contributed by atoms with Crippen molar-refractivity contribution >= 4 is 5.82 Å². The van der Waals surface area contributed by atoms with Crippen LogP contribution in [-0.4, -0.2) is 23.4 Å². The molecule has 2 aromatic rings. The van der Waals surface area contributed by atoms with Gasteiger partial charge in [-0.3, -0.25) is 0 Å². The van der Waals surface area contributed by atoms with E-state index in [-0.39, 0.29) is 6.04 Å². The van der Waals surface area contributed by atoms with Crippen LogP contribution in [0.4, 0.5) is 5.82 Å². The number of benzene rings is 1. The highest BCUT2D eigenvalue weighted by Crippen LogP contribution is 2.32. The van der Waals surface area contributed by atoms with E-state index in [0.717, 1.165) is 30.1 Å². The summed E-state index contributed by atoms with van der Waals surface area (Å²) >= 11 is 0. The largest absolute Gasteiger partial charge is 0.497 e. The van der Waals surface area contributed by atoms with Gasteiger partial charge in [0.2, 0.25) is 0 Å². The third kappa shape index (κ3) is 1.91. The van der Waals surface area contributed by atoms with Gasteiger partial charge in [0.15, 0.2) is 0 Å². The average Bonchev–Trinajstić information content (AvgIpc) is 2.90. The SMILES string of the molecule is COc1cccc([C@H]2CCNc3c(C#N)cnn32)c1. The molecule has 1 aliphatic rings. The first-order valence-electron chi connectivity index (χ1n) is 6.19. The van der Waals surface area contributed by atoms with Gasteiger partial charge in [0.05, 0.1) is 19.3 Å². The number of hydrogen-bond acceptors (Lipinski definition) is 4. The number of nitriles is 1. The Morgan fingerprint density at radius 2 is 2.42 bits per heavy atom. The Morgan fingerprint density at radius 1 is 1.53 bits per heavy atom. The molecule has 0 bridgehead atoms. The Balaban J connectivity index is 2.04. The molecule has 1 atom stereocenters. The summed E-state index contributed by atoms with van der Waals surface area (Å²) in [5.74, 6) is 1.65. The fourth-order valence-corrected chi connectivity index (χ4v) is 2.46. The molecule has 0 saturated carbocycles. The smallest absolute Gasteiger partial charge is 0.143 e. The zero-order chi connectivity index (χ0) is 13.2. The van der Waals surface area contributed by atoms with E-state index in [9.17, 15) is 0 Å². The zero-order valence-electron chi connectivity index (χ0n) is 10.6. The highest BCUT2D eigenvalue weighted by atomic mass is 16.5. The van der Waals surface area contributed by atoms with Gasteiger partial charge in [-0.1, -0.05) is 12.1 Å². The summed E-state index contributed by atoms with van der Waals surface area (Å²) in [7, 11) is 1.66. The Labute approximate surface area is 111 Å². The van der Waals surface area contributed by atoms with Gasteiger partial charge in [0.25, 0.3) is 0 Å². The molecule has 1 N–H and O–H groups in total. The zero-order valence-corrected chi connectivity index (χ0v) is 10.6. The van der Waals surface area contributed by atoms with Crippen molar-refractivity contribution in [2.45, 2.75) is 12.5 Å². The van der Waals surface area contributed by atoms with Gasteiger partial charge in [0, 0.05) is 6.54 Å². The van der Waals surface area contributed by atoms with Crippen LogP contribution in [0, 0.1) is 11.3 Å². The van der Waals surface area contributed by atoms with E-state index < -0.39 is 0 Å². The first-order chi connectivity index (χ1) is 9.33. The molecule has 1 aromatic heterocycles. The quantitative estimate of drug-likeness (QED) is 0.892. The highest BCUT2D eigenvalue weighted by Gasteiger charge is 2.24. The van der Waals surface area contributed by atoms with E-state index in [1.807, 2.05) is 22.9 Å². The van der Waals surface area contributed by atoms with E-state index in [2.05, 4.69) is 22.6 Å². The molecule has 0 spiro atoms. The topological polar surface area (TPSA) is 62.9 Å². The summed E-state index contributed by atoms with van der Waals surface area (Å²) in [6, 6.07) is 10.3. The lowest BCUT2D eigenvalue weighted by molar-refractivity contribution is 0.411. The molecule has 5 heteroatoms. The number of ether oxygens (including phenoxy) is 1. The molecule has 1 aromatic carbocycles. The second-order valence-electron chi connectivity index (χ2n) is 4.47. The molecule has 2 heterocycles. The van der Waals surface area contributed by atoms with Crippen molar-refractivity contribution in [2.75, 3.05) is 19.0 Å². The van der Waals surface area contributed by atoms with Crippen LogP contribution in [0.25, 0.3) is 0 Å². The van der Waals surface area contributed by atoms with Crippen LogP contribution in [0.3, 0.4) is 0 Å². The van der Waals surface area contributed by atoms with Crippen LogP contribution >= 0.6 is 0 Å². The van der Waals surface area contributed by atoms with Crippen LogP contribution in [0.15, 0.2) is 30.5 Å². The van der Waals surface area contributed by atoms with Crippen molar-refractivity contribution in [3.05, 3.63) is 41.6 Å². The molecule has 5 nitrogen and oxygen atoms in total. The Morgan fingerprint density at radius 3 is 3.21 bits per heavy atom. The number of methoxy groups -OCH3 is 1. The number of nitrogens with zero attached hydrogens (tertiary/aromatic N) is 3. The number of hydrogen-bond donors (Lipinski definition) is 1. The predicted octanol–water partition coefficient (Wildman–Crippen LogP) is 2.17. The van der Waals surface area contributed by atoms with Crippen molar-refractivity contribution in [3.63, 3.8) is 0 Å². The van der Waals surface area contributed by atoms with E-state index in [1.54, 1.807) is 13.3 Å². The number of fused-ring (bicyclic) bond motifs is 1. The Kier molecular flexibility index (Phi) is 2.84. The molecule has 0 saturated heterocycles. The summed E-state index contributed by atoms with van der Waals surface area (Å²) < 4.78 is 7.15. The van der Waals surface area contributed by atoms with Gasteiger partial charge in [-0.05, 0) is 24.1 Å². The number of aromatic nitrogens is 2. The molecule has 0 fully saturated rings. The average molecular weight is 254 g/mol. The fraction of sp³-hybridized carbons (Fsp3) is 0.286. The van der Waals surface area contributed by atoms with Crippen molar-refractivity contribution in [3.8, 4) is 11.8 Å². The molecule has 0 unspecified atom stereocenters. The van der Waals surface area contributed by atoms with Gasteiger partial charge >= 0.3 is 0 Å². The second kappa shape index (κ2) is 4.65. The van der Waals surface area contributed by atoms with Crippen LogP contribution in [-0.2, 0) is 0 Å². The third-order valence-electron chi connectivity index (χ3n) is 3.40. The normalized spacial score (nSPS) is 17.2. The third-order valence-corrected chi connectivity index (χ3v) is 3.40. The minimum Gasteiger partial charge on any atom is -0.497 e. The molecule has 0 aliphatic carbocycles. The monoisotopic (exact) mass is 254 g/mol. The van der Waals surface area contributed by atoms with Crippen molar-refractivity contribution in [1.82, 2.24) is 9.78 Å². The van der Waals surface area contributed by atoms with Crippen LogP contribution in [0.1, 0.15) is 23.6 Å². The van der Waals surface area contributed by atoms with Crippen LogP contribution in [0.2, 0.25) is 0 Å². The second-order valence-corrected chi connectivity index (χ2v) is 4.47. The summed E-state index contributed by atoms with van der Waals surface area (Å²) in [4.78, 5) is 0. The van der Waals surface area contributed by atoms with Crippen molar-refractivity contribution < 1.29 is 4.74 Å². The van der Waals surface area contributed by atoms with Gasteiger partial charge in [0.1, 0.15) is 23.2 Å². The lowest BCUT2D eigenvalue weighted by Crippen LogP contribution is -2.24. The van der Waals surface area contributed by atoms with Crippen molar-refractivity contribution in [2.24, 2.45) is 0 Å². The minimum atomic E-state index is 0.147. The summed E-state index contributed by atoms with van der Waals surface area (Å²) in [5.41, 5.74) is 1.74. The number of rotatable bonds is 2. The molecule has 3 rings (SSSR count). The Bertz CT molecular complexity index is 641. The van der Waals surface area contributed by atoms with Gasteiger partial charge in [-0.15, -0.1) is 0 Å². The molecule has 1 aliphatic heterocycles. The minimum absolute atomic E-state index is 0.147. The number of anilines is 1. The van der Waals surface area contributed by atoms with Crippen molar-refractivity contribution in [1.29, 1.82) is 5.26 Å². The van der Waals surface area contributed by atoms with E-state index in [0.29, 0.717) is 5.56 Å². The molecular formula is C14H14N4O. The lowest BCUT2D eigenvalue weighted by atomic mass is 10.0. The molecule has 0 amide bonds. The highest BCUT2D eigenvalue weighted by molar-refractivity contribution is 5.53. The molecule has 0 radical (unpaired) electrons. The molecule has 19 heavy (non-hydrogen) atoms. The summed E-state index contributed by atoms with van der Waals surface area (Å²) in [5, 5.41) is 16.6. The first kappa shape index (κ1) is 11.6. The predicted molar refractivity (Wildman–Crippen MR) is 71.2 cm³/mol. The van der Waals surface area contributed by atoms with Crippen LogP contribution in [0.5, 0.6) is 5.75 Å². The summed E-state index contributed by atoms with van der Waals surface area (Å²) in [6.07, 6.45) is 2.55. The standard InChI is InChI=1S/C14H14N4O/c1-19-12-4-2-3-10(7-12)13-5-6-16-14-11(8-15)9-17-18(13)14/h2-4,7,9,13,16H,5-6H2,1H3/t13-/m1/s1. The van der Waals surface area contributed by atoms with Gasteiger partial charge < -0.3 is 10.1 Å². The summed E-state index contributed by atoms with van der Waals surface area (Å²) in [6.45, 7) is 0.836. The maximum Gasteiger partial charge on any atom is 0.143 e. The first-order valence-corrected chi connectivity index (χ1v) is 6.19. The maximum atomic E-state index is 9.06. The van der Waals surface area contributed by atoms with E-state index in [1.165, 1.54) is 0 Å². The number of nitrogens with one attached hydrogen (secondary N) is 1. The van der Waals surface area contributed by atoms with Gasteiger partial charge in [-0.25, -0.2) is 4.68 Å². The van der Waals surface area contributed by atoms with E-state index >= 15 is 0 Å². The van der Waals surface area contributed by atoms with E-state index in [4.69, 9.17) is 10.00 Å². The fourth-order valence-electron chi connectivity index (χ4n) is 2.46. The maximum absolute atomic E-state index is 9.06. The van der Waals surface area contributed by atoms with Crippen LogP contribution < -0.4 is 10.1 Å². The molecule has 96 valence electrons. The Hall–Kier alpha value is -2.48.